The number of nitrogens with zero attached hydrogens (tertiary/aromatic N) is 2. The summed E-state index contributed by atoms with van der Waals surface area (Å²) >= 11 is 1.16. The van der Waals surface area contributed by atoms with E-state index < -0.39 is 11.7 Å². The van der Waals surface area contributed by atoms with E-state index in [9.17, 15) is 18.0 Å². The Balaban J connectivity index is 1.54. The van der Waals surface area contributed by atoms with Crippen LogP contribution >= 0.6 is 11.3 Å². The highest BCUT2D eigenvalue weighted by molar-refractivity contribution is 7.13. The standard InChI is InChI=1S/C22H19F3N2O2S/c1-14-11-27(12-19(29-14)15-6-3-2-4-7-15)21(28)18-13-30-20(26-18)16-8-5-9-17(10-16)22(23,24)25/h2-10,13-14,19H,11-12H2,1H3. The van der Waals surface area contributed by atoms with Crippen molar-refractivity contribution in [3.05, 3.63) is 76.8 Å². The summed E-state index contributed by atoms with van der Waals surface area (Å²) in [6, 6.07) is 14.7. The molecule has 1 aliphatic rings. The summed E-state index contributed by atoms with van der Waals surface area (Å²) in [7, 11) is 0. The van der Waals surface area contributed by atoms with E-state index in [0.29, 0.717) is 23.7 Å². The number of rotatable bonds is 3. The normalized spacial score (nSPS) is 19.7. The summed E-state index contributed by atoms with van der Waals surface area (Å²) in [6.45, 7) is 2.73. The molecular weight excluding hydrogens is 413 g/mol. The lowest BCUT2D eigenvalue weighted by Crippen LogP contribution is -2.46. The van der Waals surface area contributed by atoms with Crippen LogP contribution in [-0.4, -0.2) is 35.0 Å². The number of carbonyl (C=O) groups excluding carboxylic acids is 1. The number of aromatic nitrogens is 1. The minimum absolute atomic E-state index is 0.144. The third-order valence-corrected chi connectivity index (χ3v) is 5.77. The summed E-state index contributed by atoms with van der Waals surface area (Å²) in [5, 5.41) is 1.97. The Morgan fingerprint density at radius 3 is 2.63 bits per heavy atom. The number of hydrogen-bond donors (Lipinski definition) is 0. The minimum atomic E-state index is -4.43. The quantitative estimate of drug-likeness (QED) is 0.554. The highest BCUT2D eigenvalue weighted by Gasteiger charge is 2.32. The molecule has 3 aromatic rings. The zero-order chi connectivity index (χ0) is 21.3. The van der Waals surface area contributed by atoms with Crippen LogP contribution in [0, 0.1) is 0 Å². The zero-order valence-corrected chi connectivity index (χ0v) is 16.9. The number of amides is 1. The van der Waals surface area contributed by atoms with Crippen molar-refractivity contribution in [2.75, 3.05) is 13.1 Å². The SMILES string of the molecule is CC1CN(C(=O)c2csc(-c3cccc(C(F)(F)F)c3)n2)CC(c2ccccc2)O1. The number of alkyl halides is 3. The van der Waals surface area contributed by atoms with Crippen LogP contribution in [0.25, 0.3) is 10.6 Å². The monoisotopic (exact) mass is 432 g/mol. The molecule has 0 spiro atoms. The van der Waals surface area contributed by atoms with Crippen LogP contribution in [0.3, 0.4) is 0 Å². The average Bonchev–Trinajstić information content (AvgIpc) is 3.23. The first kappa shape index (κ1) is 20.6. The lowest BCUT2D eigenvalue weighted by molar-refractivity contribution is -0.137. The maximum absolute atomic E-state index is 13.0. The molecule has 4 nitrogen and oxygen atoms in total. The molecule has 0 saturated carbocycles. The molecule has 2 atom stereocenters. The Hall–Kier alpha value is -2.71. The molecule has 1 amide bonds. The van der Waals surface area contributed by atoms with Crippen molar-refractivity contribution in [3.63, 3.8) is 0 Å². The van der Waals surface area contributed by atoms with Gasteiger partial charge in [-0.3, -0.25) is 4.79 Å². The first-order valence-corrected chi connectivity index (χ1v) is 10.3. The van der Waals surface area contributed by atoms with Crippen LogP contribution in [-0.2, 0) is 10.9 Å². The molecule has 30 heavy (non-hydrogen) atoms. The molecule has 0 aliphatic carbocycles. The number of morpholine rings is 1. The number of thiazole rings is 1. The average molecular weight is 432 g/mol. The van der Waals surface area contributed by atoms with Crippen LogP contribution < -0.4 is 0 Å². The molecule has 0 radical (unpaired) electrons. The Kier molecular flexibility index (Phi) is 5.62. The van der Waals surface area contributed by atoms with Gasteiger partial charge in [-0.05, 0) is 24.6 Å². The van der Waals surface area contributed by atoms with Crippen molar-refractivity contribution < 1.29 is 22.7 Å². The van der Waals surface area contributed by atoms with Crippen LogP contribution in [0.4, 0.5) is 13.2 Å². The molecule has 2 unspecified atom stereocenters. The lowest BCUT2D eigenvalue weighted by atomic mass is 10.1. The number of benzene rings is 2. The molecular formula is C22H19F3N2O2S. The first-order chi connectivity index (χ1) is 14.3. The number of ether oxygens (including phenoxy) is 1. The van der Waals surface area contributed by atoms with Gasteiger partial charge in [-0.15, -0.1) is 11.3 Å². The predicted molar refractivity (Wildman–Crippen MR) is 108 cm³/mol. The van der Waals surface area contributed by atoms with Gasteiger partial charge in [0, 0.05) is 17.5 Å². The number of halogens is 3. The summed E-state index contributed by atoms with van der Waals surface area (Å²) in [5.41, 5.74) is 0.820. The number of carbonyl (C=O) groups is 1. The molecule has 2 heterocycles. The van der Waals surface area contributed by atoms with E-state index in [2.05, 4.69) is 4.98 Å². The Morgan fingerprint density at radius 2 is 1.90 bits per heavy atom. The van der Waals surface area contributed by atoms with Gasteiger partial charge in [0.2, 0.25) is 0 Å². The van der Waals surface area contributed by atoms with Gasteiger partial charge in [-0.2, -0.15) is 13.2 Å². The van der Waals surface area contributed by atoms with Gasteiger partial charge in [0.05, 0.1) is 18.2 Å². The molecule has 4 rings (SSSR count). The second kappa shape index (κ2) is 8.20. The van der Waals surface area contributed by atoms with Crippen molar-refractivity contribution >= 4 is 17.2 Å². The van der Waals surface area contributed by atoms with Crippen molar-refractivity contribution in [3.8, 4) is 10.6 Å². The van der Waals surface area contributed by atoms with Crippen LogP contribution in [0.2, 0.25) is 0 Å². The molecule has 1 saturated heterocycles. The highest BCUT2D eigenvalue weighted by Crippen LogP contribution is 2.33. The van der Waals surface area contributed by atoms with Crippen molar-refractivity contribution in [2.24, 2.45) is 0 Å². The highest BCUT2D eigenvalue weighted by atomic mass is 32.1. The Morgan fingerprint density at radius 1 is 1.13 bits per heavy atom. The van der Waals surface area contributed by atoms with Crippen LogP contribution in [0.15, 0.2) is 60.0 Å². The second-order valence-electron chi connectivity index (χ2n) is 7.17. The van der Waals surface area contributed by atoms with E-state index in [0.717, 1.165) is 29.0 Å². The van der Waals surface area contributed by atoms with Crippen molar-refractivity contribution in [2.45, 2.75) is 25.3 Å². The fourth-order valence-electron chi connectivity index (χ4n) is 3.46. The van der Waals surface area contributed by atoms with Gasteiger partial charge >= 0.3 is 6.18 Å². The van der Waals surface area contributed by atoms with Crippen molar-refractivity contribution in [1.29, 1.82) is 0 Å². The zero-order valence-electron chi connectivity index (χ0n) is 16.1. The van der Waals surface area contributed by atoms with Gasteiger partial charge in [0.15, 0.2) is 0 Å². The topological polar surface area (TPSA) is 42.4 Å². The molecule has 1 aromatic heterocycles. The largest absolute Gasteiger partial charge is 0.416 e. The van der Waals surface area contributed by atoms with E-state index in [-0.39, 0.29) is 23.8 Å². The molecule has 1 fully saturated rings. The lowest BCUT2D eigenvalue weighted by Gasteiger charge is -2.36. The maximum Gasteiger partial charge on any atom is 0.416 e. The van der Waals surface area contributed by atoms with E-state index in [1.807, 2.05) is 37.3 Å². The molecule has 156 valence electrons. The van der Waals surface area contributed by atoms with Gasteiger partial charge in [-0.1, -0.05) is 42.5 Å². The Labute approximate surface area is 175 Å². The predicted octanol–water partition coefficient (Wildman–Crippen LogP) is 5.43. The third-order valence-electron chi connectivity index (χ3n) is 4.88. The molecule has 2 aromatic carbocycles. The van der Waals surface area contributed by atoms with Crippen molar-refractivity contribution in [1.82, 2.24) is 9.88 Å². The van der Waals surface area contributed by atoms with E-state index >= 15 is 0 Å². The second-order valence-corrected chi connectivity index (χ2v) is 8.03. The van der Waals surface area contributed by atoms with Gasteiger partial charge in [0.25, 0.3) is 5.91 Å². The summed E-state index contributed by atoms with van der Waals surface area (Å²) in [4.78, 5) is 19.0. The van der Waals surface area contributed by atoms with Gasteiger partial charge < -0.3 is 9.64 Å². The van der Waals surface area contributed by atoms with E-state index in [1.54, 1.807) is 16.3 Å². The molecule has 0 bridgehead atoms. The maximum atomic E-state index is 13.0. The van der Waals surface area contributed by atoms with E-state index in [4.69, 9.17) is 4.74 Å². The fourth-order valence-corrected chi connectivity index (χ4v) is 4.26. The molecule has 1 aliphatic heterocycles. The van der Waals surface area contributed by atoms with Crippen LogP contribution in [0.5, 0.6) is 0 Å². The summed E-state index contributed by atoms with van der Waals surface area (Å²) in [6.07, 6.45) is -4.81. The van der Waals surface area contributed by atoms with Gasteiger partial charge in [-0.25, -0.2) is 4.98 Å². The third kappa shape index (κ3) is 4.39. The molecule has 0 N–H and O–H groups in total. The Bertz CT molecular complexity index is 1040. The van der Waals surface area contributed by atoms with E-state index in [1.165, 1.54) is 6.07 Å². The minimum Gasteiger partial charge on any atom is -0.367 e. The van der Waals surface area contributed by atoms with Gasteiger partial charge in [0.1, 0.15) is 16.8 Å². The summed E-state index contributed by atoms with van der Waals surface area (Å²) < 4.78 is 44.9. The summed E-state index contributed by atoms with van der Waals surface area (Å²) in [5.74, 6) is -0.249. The fraction of sp³-hybridized carbons (Fsp3) is 0.273. The molecule has 8 heteroatoms. The van der Waals surface area contributed by atoms with Crippen LogP contribution in [0.1, 0.15) is 34.6 Å². The number of hydrogen-bond acceptors (Lipinski definition) is 4. The first-order valence-electron chi connectivity index (χ1n) is 9.44. The smallest absolute Gasteiger partial charge is 0.367 e.